The molecular formula is C35H35ClF2N8O2S. The minimum Gasteiger partial charge on any atom is -0.461 e. The van der Waals surface area contributed by atoms with Crippen LogP contribution >= 0.6 is 22.9 Å². The molecule has 1 amide bonds. The molecule has 2 aromatic carbocycles. The Morgan fingerprint density at radius 2 is 1.90 bits per heavy atom. The van der Waals surface area contributed by atoms with Gasteiger partial charge in [0, 0.05) is 48.6 Å². The summed E-state index contributed by atoms with van der Waals surface area (Å²) in [4.78, 5) is 29.1. The van der Waals surface area contributed by atoms with E-state index in [1.165, 1.54) is 25.0 Å². The molecule has 254 valence electrons. The summed E-state index contributed by atoms with van der Waals surface area (Å²) in [6.45, 7) is 4.48. The molecule has 2 aromatic heterocycles. The largest absolute Gasteiger partial charge is 0.461 e. The van der Waals surface area contributed by atoms with Crippen LogP contribution < -0.4 is 20.7 Å². The van der Waals surface area contributed by atoms with E-state index in [4.69, 9.17) is 27.1 Å². The number of nitrogens with two attached hydrogens (primary N) is 1. The van der Waals surface area contributed by atoms with Crippen molar-refractivity contribution < 1.29 is 18.3 Å². The smallest absolute Gasteiger partial charge is 0.319 e. The summed E-state index contributed by atoms with van der Waals surface area (Å²) >= 11 is 7.82. The van der Waals surface area contributed by atoms with Crippen LogP contribution in [-0.2, 0) is 4.79 Å². The Morgan fingerprint density at radius 1 is 1.14 bits per heavy atom. The Morgan fingerprint density at radius 3 is 2.61 bits per heavy atom. The van der Waals surface area contributed by atoms with Gasteiger partial charge in [-0.15, -0.1) is 11.3 Å². The molecule has 6 heterocycles. The van der Waals surface area contributed by atoms with Gasteiger partial charge in [0.05, 0.1) is 20.8 Å². The van der Waals surface area contributed by atoms with Crippen molar-refractivity contribution in [3.05, 3.63) is 40.4 Å². The second-order valence-electron chi connectivity index (χ2n) is 14.1. The van der Waals surface area contributed by atoms with Crippen molar-refractivity contribution in [2.24, 2.45) is 5.92 Å². The lowest BCUT2D eigenvalue weighted by Gasteiger charge is -2.36. The number of hydrogen-bond acceptors (Lipinski definition) is 10. The number of benzene rings is 2. The zero-order chi connectivity index (χ0) is 33.6. The van der Waals surface area contributed by atoms with Gasteiger partial charge in [0.2, 0.25) is 5.91 Å². The number of nitriles is 1. The third-order valence-electron chi connectivity index (χ3n) is 11.2. The molecule has 0 radical (unpaired) electrons. The normalized spacial score (nSPS) is 23.3. The number of anilines is 2. The van der Waals surface area contributed by atoms with Crippen molar-refractivity contribution in [2.45, 2.75) is 56.1 Å². The average molecular weight is 705 g/mol. The summed E-state index contributed by atoms with van der Waals surface area (Å²) in [5.74, 6) is -0.0342. The monoisotopic (exact) mass is 704 g/mol. The van der Waals surface area contributed by atoms with Crippen LogP contribution in [0.25, 0.3) is 32.1 Å². The molecule has 4 aliphatic heterocycles. The molecule has 4 aromatic rings. The number of thiophene rings is 1. The fourth-order valence-electron chi connectivity index (χ4n) is 8.46. The lowest BCUT2D eigenvalue weighted by molar-refractivity contribution is -0.131. The van der Waals surface area contributed by atoms with Gasteiger partial charge in [0.25, 0.3) is 0 Å². The van der Waals surface area contributed by atoms with Gasteiger partial charge in [-0.2, -0.15) is 15.2 Å². The van der Waals surface area contributed by atoms with Crippen LogP contribution in [0.5, 0.6) is 6.01 Å². The molecule has 49 heavy (non-hydrogen) atoms. The number of piperazine rings is 1. The zero-order valence-electron chi connectivity index (χ0n) is 26.8. The lowest BCUT2D eigenvalue weighted by Crippen LogP contribution is -2.50. The number of nitrogen functional groups attached to an aromatic ring is 1. The maximum absolute atomic E-state index is 17.0. The molecule has 4 saturated heterocycles. The van der Waals surface area contributed by atoms with Gasteiger partial charge in [0.15, 0.2) is 5.82 Å². The molecule has 5 aliphatic rings. The summed E-state index contributed by atoms with van der Waals surface area (Å²) in [7, 11) is 0. The molecule has 3 N–H and O–H groups in total. The Kier molecular flexibility index (Phi) is 7.39. The first-order chi connectivity index (χ1) is 23.8. The van der Waals surface area contributed by atoms with Crippen LogP contribution in [0.4, 0.5) is 19.6 Å². The molecule has 0 bridgehead atoms. The highest BCUT2D eigenvalue weighted by atomic mass is 35.5. The first-order valence-electron chi connectivity index (χ1n) is 17.0. The fourth-order valence-corrected chi connectivity index (χ4v) is 9.70. The quantitative estimate of drug-likeness (QED) is 0.246. The van der Waals surface area contributed by atoms with Crippen molar-refractivity contribution in [1.82, 2.24) is 25.1 Å². The molecule has 5 fully saturated rings. The second-order valence-corrected chi connectivity index (χ2v) is 15.5. The number of aromatic nitrogens is 2. The van der Waals surface area contributed by atoms with E-state index < -0.39 is 11.6 Å². The van der Waals surface area contributed by atoms with Gasteiger partial charge in [-0.05, 0) is 75.2 Å². The summed E-state index contributed by atoms with van der Waals surface area (Å²) in [5.41, 5.74) is 6.36. The first kappa shape index (κ1) is 31.2. The van der Waals surface area contributed by atoms with Gasteiger partial charge in [-0.1, -0.05) is 17.7 Å². The zero-order valence-corrected chi connectivity index (χ0v) is 28.3. The van der Waals surface area contributed by atoms with E-state index >= 15 is 4.39 Å². The van der Waals surface area contributed by atoms with E-state index in [9.17, 15) is 14.4 Å². The van der Waals surface area contributed by atoms with Gasteiger partial charge in [0.1, 0.15) is 40.9 Å². The maximum atomic E-state index is 17.0. The molecule has 0 unspecified atom stereocenters. The number of ether oxygens (including phenoxy) is 1. The number of hydrogen-bond donors (Lipinski definition) is 2. The highest BCUT2D eigenvalue weighted by Gasteiger charge is 2.52. The Labute approximate surface area is 290 Å². The van der Waals surface area contributed by atoms with E-state index in [0.717, 1.165) is 50.1 Å². The van der Waals surface area contributed by atoms with Crippen LogP contribution in [0.1, 0.15) is 44.1 Å². The van der Waals surface area contributed by atoms with Crippen LogP contribution in [0.2, 0.25) is 5.02 Å². The van der Waals surface area contributed by atoms with Crippen LogP contribution in [0, 0.1) is 28.9 Å². The Balaban J connectivity index is 1.11. The van der Waals surface area contributed by atoms with Gasteiger partial charge >= 0.3 is 6.01 Å². The molecular weight excluding hydrogens is 670 g/mol. The topological polar surface area (TPSA) is 134 Å². The van der Waals surface area contributed by atoms with Crippen molar-refractivity contribution in [1.29, 1.82) is 5.26 Å². The van der Waals surface area contributed by atoms with Crippen LogP contribution in [0.3, 0.4) is 0 Å². The summed E-state index contributed by atoms with van der Waals surface area (Å²) in [6.07, 6.45) is 6.64. The average Bonchev–Trinajstić information content (AvgIpc) is 3.99. The molecule has 9 rings (SSSR count). The summed E-state index contributed by atoms with van der Waals surface area (Å²) in [5, 5.41) is 14.1. The number of amides is 1. The van der Waals surface area contributed by atoms with Crippen LogP contribution in [-0.4, -0.2) is 89.2 Å². The molecule has 1 saturated carbocycles. The van der Waals surface area contributed by atoms with E-state index in [2.05, 4.69) is 21.3 Å². The molecule has 2 atom stereocenters. The standard InChI is InChI=1S/C35H35ClF2N8O2S/c36-22-15-20-28(26(38)25(22)19-5-6-23(37)30-24(19)21(16-39)31(40)49-30)42-34(48-17-35-7-1-9-46(35)10-2-8-35)43-32(20)44-11-13-45(14-12-44)33(47)29-27(41-29)18-3-4-18/h5-6,15,18,27,29,41H,1-4,7-14,17,40H2/t27-,29+/m0/s1. The van der Waals surface area contributed by atoms with Crippen molar-refractivity contribution in [2.75, 3.05) is 56.5 Å². The van der Waals surface area contributed by atoms with E-state index in [1.54, 1.807) is 6.07 Å². The maximum Gasteiger partial charge on any atom is 0.319 e. The number of carbonyl (C=O) groups is 1. The van der Waals surface area contributed by atoms with E-state index in [0.29, 0.717) is 55.9 Å². The van der Waals surface area contributed by atoms with Gasteiger partial charge in [-0.3, -0.25) is 15.0 Å². The van der Waals surface area contributed by atoms with Gasteiger partial charge in [-0.25, -0.2) is 8.78 Å². The minimum absolute atomic E-state index is 0.00186. The first-order valence-corrected chi connectivity index (χ1v) is 18.2. The lowest BCUT2D eigenvalue weighted by atomic mass is 9.95. The third-order valence-corrected chi connectivity index (χ3v) is 12.6. The third kappa shape index (κ3) is 5.09. The molecule has 10 nitrogen and oxygen atoms in total. The summed E-state index contributed by atoms with van der Waals surface area (Å²) < 4.78 is 38.4. The van der Waals surface area contributed by atoms with Crippen LogP contribution in [0.15, 0.2) is 18.2 Å². The van der Waals surface area contributed by atoms with E-state index in [-0.39, 0.29) is 65.8 Å². The number of nitrogens with one attached hydrogen (secondary N) is 1. The Hall–Kier alpha value is -3.83. The number of halogens is 3. The predicted molar refractivity (Wildman–Crippen MR) is 185 cm³/mol. The Bertz CT molecular complexity index is 2060. The highest BCUT2D eigenvalue weighted by Crippen LogP contribution is 2.46. The SMILES string of the molecule is N#Cc1c(N)sc2c(F)ccc(-c3c(Cl)cc4c(N5CCN(C(=O)[C@@H]6N[C@H]6C6CC6)CC5)nc(OCC56CCCN5CCC6)nc4c3F)c12. The number of carbonyl (C=O) groups excluding carboxylic acids is 1. The van der Waals surface area contributed by atoms with Crippen molar-refractivity contribution in [3.8, 4) is 23.2 Å². The highest BCUT2D eigenvalue weighted by molar-refractivity contribution is 7.23. The molecule has 14 heteroatoms. The molecule has 0 spiro atoms. The van der Waals surface area contributed by atoms with E-state index in [1.807, 2.05) is 9.80 Å². The van der Waals surface area contributed by atoms with Crippen molar-refractivity contribution >= 4 is 60.7 Å². The number of fused-ring (bicyclic) bond motifs is 3. The fraction of sp³-hybridized carbons (Fsp3) is 0.486. The molecule has 1 aliphatic carbocycles. The number of rotatable bonds is 7. The van der Waals surface area contributed by atoms with Gasteiger partial charge < -0.3 is 20.3 Å². The minimum atomic E-state index is -0.723. The predicted octanol–water partition coefficient (Wildman–Crippen LogP) is 5.30. The summed E-state index contributed by atoms with van der Waals surface area (Å²) in [6, 6.07) is 6.62. The second kappa shape index (κ2) is 11.6. The van der Waals surface area contributed by atoms with Crippen molar-refractivity contribution in [3.63, 3.8) is 0 Å². The number of nitrogens with zero attached hydrogens (tertiary/aromatic N) is 6.